The van der Waals surface area contributed by atoms with Crippen LogP contribution in [-0.2, 0) is 26.2 Å². The number of nitrogens with one attached hydrogen (secondary N) is 1. The zero-order valence-electron chi connectivity index (χ0n) is 10.8. The van der Waals surface area contributed by atoms with E-state index in [1.54, 1.807) is 10.9 Å². The first-order valence-corrected chi connectivity index (χ1v) is 6.33. The lowest BCUT2D eigenvalue weighted by atomic mass is 10.1. The highest BCUT2D eigenvalue weighted by Gasteiger charge is 1.98. The normalized spacial score (nSPS) is 10.8. The molecule has 102 valence electrons. The van der Waals surface area contributed by atoms with Gasteiger partial charge in [-0.05, 0) is 11.1 Å². The highest BCUT2D eigenvalue weighted by Crippen LogP contribution is 2.04. The molecular formula is C14H19N3O2. The van der Waals surface area contributed by atoms with Crippen LogP contribution < -0.4 is 5.32 Å². The van der Waals surface area contributed by atoms with E-state index in [0.29, 0.717) is 6.54 Å². The van der Waals surface area contributed by atoms with Crippen molar-refractivity contribution in [2.45, 2.75) is 26.2 Å². The molecule has 1 aromatic carbocycles. The van der Waals surface area contributed by atoms with Crippen LogP contribution in [0.3, 0.4) is 0 Å². The summed E-state index contributed by atoms with van der Waals surface area (Å²) in [5, 5.41) is 25.2. The maximum Gasteiger partial charge on any atom is 0.0681 e. The first-order chi connectivity index (χ1) is 9.31. The minimum Gasteiger partial charge on any atom is -0.394 e. The van der Waals surface area contributed by atoms with Crippen molar-refractivity contribution >= 4 is 0 Å². The number of aromatic nitrogens is 2. The summed E-state index contributed by atoms with van der Waals surface area (Å²) in [7, 11) is 0. The van der Waals surface area contributed by atoms with Crippen LogP contribution in [0.25, 0.3) is 0 Å². The molecule has 5 heteroatoms. The van der Waals surface area contributed by atoms with Gasteiger partial charge in [0, 0.05) is 24.8 Å². The van der Waals surface area contributed by atoms with Crippen molar-refractivity contribution < 1.29 is 10.2 Å². The van der Waals surface area contributed by atoms with Gasteiger partial charge < -0.3 is 15.5 Å². The van der Waals surface area contributed by atoms with Crippen LogP contribution in [0.1, 0.15) is 16.7 Å². The van der Waals surface area contributed by atoms with Gasteiger partial charge in [0.15, 0.2) is 0 Å². The monoisotopic (exact) mass is 261 g/mol. The molecule has 2 aromatic rings. The zero-order chi connectivity index (χ0) is 13.5. The van der Waals surface area contributed by atoms with Crippen molar-refractivity contribution in [1.82, 2.24) is 15.1 Å². The SMILES string of the molecule is OCCn1cc(CNCc2ccc(CO)cc2)cn1. The smallest absolute Gasteiger partial charge is 0.0681 e. The molecule has 0 fully saturated rings. The molecule has 0 spiro atoms. The van der Waals surface area contributed by atoms with Crippen molar-refractivity contribution in [3.05, 3.63) is 53.3 Å². The fraction of sp³-hybridized carbons (Fsp3) is 0.357. The fourth-order valence-corrected chi connectivity index (χ4v) is 1.84. The van der Waals surface area contributed by atoms with E-state index < -0.39 is 0 Å². The van der Waals surface area contributed by atoms with Crippen LogP contribution in [0.5, 0.6) is 0 Å². The summed E-state index contributed by atoms with van der Waals surface area (Å²) < 4.78 is 1.73. The Morgan fingerprint density at radius 2 is 1.68 bits per heavy atom. The molecule has 0 aliphatic rings. The van der Waals surface area contributed by atoms with Crippen molar-refractivity contribution in [2.24, 2.45) is 0 Å². The Bertz CT molecular complexity index is 494. The zero-order valence-corrected chi connectivity index (χ0v) is 10.8. The summed E-state index contributed by atoms with van der Waals surface area (Å²) in [6.07, 6.45) is 3.73. The molecule has 0 saturated heterocycles. The quantitative estimate of drug-likeness (QED) is 0.684. The number of aliphatic hydroxyl groups is 2. The number of aliphatic hydroxyl groups excluding tert-OH is 2. The van der Waals surface area contributed by atoms with Gasteiger partial charge in [0.2, 0.25) is 0 Å². The summed E-state index contributed by atoms with van der Waals surface area (Å²) >= 11 is 0. The number of benzene rings is 1. The van der Waals surface area contributed by atoms with Gasteiger partial charge in [-0.3, -0.25) is 4.68 Å². The number of rotatable bonds is 7. The molecule has 5 nitrogen and oxygen atoms in total. The third kappa shape index (κ3) is 4.17. The second kappa shape index (κ2) is 7.04. The van der Waals surface area contributed by atoms with Crippen LogP contribution in [0, 0.1) is 0 Å². The molecule has 0 aliphatic carbocycles. The topological polar surface area (TPSA) is 70.3 Å². The van der Waals surface area contributed by atoms with Crippen molar-refractivity contribution in [2.75, 3.05) is 6.61 Å². The van der Waals surface area contributed by atoms with Crippen molar-refractivity contribution in [3.63, 3.8) is 0 Å². The molecule has 0 unspecified atom stereocenters. The molecule has 0 bridgehead atoms. The van der Waals surface area contributed by atoms with E-state index in [2.05, 4.69) is 10.4 Å². The lowest BCUT2D eigenvalue weighted by Crippen LogP contribution is -2.12. The maximum atomic E-state index is 8.96. The Morgan fingerprint density at radius 1 is 1.00 bits per heavy atom. The molecule has 2 rings (SSSR count). The average Bonchev–Trinajstić information content (AvgIpc) is 2.88. The van der Waals surface area contributed by atoms with Crippen molar-refractivity contribution in [1.29, 1.82) is 0 Å². The minimum absolute atomic E-state index is 0.0811. The van der Waals surface area contributed by atoms with Crippen LogP contribution in [0.2, 0.25) is 0 Å². The highest BCUT2D eigenvalue weighted by molar-refractivity contribution is 5.21. The first-order valence-electron chi connectivity index (χ1n) is 6.33. The standard InChI is InChI=1S/C14H19N3O2/c18-6-5-17-10-14(9-16-17)8-15-7-12-1-3-13(11-19)4-2-12/h1-4,9-10,15,18-19H,5-8,11H2. The number of nitrogens with zero attached hydrogens (tertiary/aromatic N) is 2. The van der Waals surface area contributed by atoms with Gasteiger partial charge in [0.05, 0.1) is 26.0 Å². The lowest BCUT2D eigenvalue weighted by molar-refractivity contribution is 0.269. The van der Waals surface area contributed by atoms with E-state index in [0.717, 1.165) is 24.2 Å². The molecule has 0 saturated carbocycles. The summed E-state index contributed by atoms with van der Waals surface area (Å²) in [6.45, 7) is 2.23. The molecular weight excluding hydrogens is 242 g/mol. The highest BCUT2D eigenvalue weighted by atomic mass is 16.3. The summed E-state index contributed by atoms with van der Waals surface area (Å²) in [4.78, 5) is 0. The molecule has 0 aliphatic heterocycles. The second-order valence-corrected chi connectivity index (χ2v) is 4.41. The van der Waals surface area contributed by atoms with Crippen molar-refractivity contribution in [3.8, 4) is 0 Å². The minimum atomic E-state index is 0.0811. The summed E-state index contributed by atoms with van der Waals surface area (Å²) in [6, 6.07) is 7.87. The van der Waals surface area contributed by atoms with Gasteiger partial charge >= 0.3 is 0 Å². The third-order valence-corrected chi connectivity index (χ3v) is 2.88. The van der Waals surface area contributed by atoms with E-state index in [-0.39, 0.29) is 13.2 Å². The Kier molecular flexibility index (Phi) is 5.09. The average molecular weight is 261 g/mol. The van der Waals surface area contributed by atoms with Crippen LogP contribution >= 0.6 is 0 Å². The summed E-state index contributed by atoms with van der Waals surface area (Å²) in [5.74, 6) is 0. The first kappa shape index (κ1) is 13.7. The van der Waals surface area contributed by atoms with Gasteiger partial charge in [-0.15, -0.1) is 0 Å². The molecule has 0 radical (unpaired) electrons. The van der Waals surface area contributed by atoms with Gasteiger partial charge in [-0.25, -0.2) is 0 Å². The molecule has 19 heavy (non-hydrogen) atoms. The number of hydrogen-bond acceptors (Lipinski definition) is 4. The van der Waals surface area contributed by atoms with E-state index >= 15 is 0 Å². The van der Waals surface area contributed by atoms with Gasteiger partial charge in [-0.1, -0.05) is 24.3 Å². The van der Waals surface area contributed by atoms with Gasteiger partial charge in [-0.2, -0.15) is 5.10 Å². The van der Waals surface area contributed by atoms with Gasteiger partial charge in [0.1, 0.15) is 0 Å². The van der Waals surface area contributed by atoms with Crippen LogP contribution in [0.4, 0.5) is 0 Å². The Labute approximate surface area is 112 Å². The Morgan fingerprint density at radius 3 is 2.37 bits per heavy atom. The molecule has 1 aromatic heterocycles. The molecule has 1 heterocycles. The molecule has 0 amide bonds. The van der Waals surface area contributed by atoms with Gasteiger partial charge in [0.25, 0.3) is 0 Å². The van der Waals surface area contributed by atoms with E-state index in [4.69, 9.17) is 10.2 Å². The van der Waals surface area contributed by atoms with E-state index in [9.17, 15) is 0 Å². The largest absolute Gasteiger partial charge is 0.394 e. The predicted molar refractivity (Wildman–Crippen MR) is 72.2 cm³/mol. The van der Waals surface area contributed by atoms with Crippen LogP contribution in [-0.4, -0.2) is 26.6 Å². The maximum absolute atomic E-state index is 8.96. The third-order valence-electron chi connectivity index (χ3n) is 2.88. The Hall–Kier alpha value is -1.69. The van der Waals surface area contributed by atoms with Crippen LogP contribution in [0.15, 0.2) is 36.7 Å². The van der Waals surface area contributed by atoms with E-state index in [1.165, 1.54) is 5.56 Å². The second-order valence-electron chi connectivity index (χ2n) is 4.41. The van der Waals surface area contributed by atoms with E-state index in [1.807, 2.05) is 30.5 Å². The predicted octanol–water partition coefficient (Wildman–Crippen LogP) is 0.657. The summed E-state index contributed by atoms with van der Waals surface area (Å²) in [5.41, 5.74) is 3.20. The molecule has 0 atom stereocenters. The fourth-order valence-electron chi connectivity index (χ4n) is 1.84. The Balaban J connectivity index is 1.78. The molecule has 3 N–H and O–H groups in total. The lowest BCUT2D eigenvalue weighted by Gasteiger charge is -2.04. The number of hydrogen-bond donors (Lipinski definition) is 3.